The summed E-state index contributed by atoms with van der Waals surface area (Å²) in [7, 11) is 0. The maximum atomic E-state index is 5.80. The molecule has 1 aromatic carbocycles. The molecule has 0 aliphatic heterocycles. The molecule has 2 N–H and O–H groups in total. The minimum atomic E-state index is 0. The Bertz CT molecular complexity index is 562. The highest BCUT2D eigenvalue weighted by atomic mass is 35.5. The van der Waals surface area contributed by atoms with Gasteiger partial charge < -0.3 is 10.3 Å². The largest absolute Gasteiger partial charge is 0.399 e. The van der Waals surface area contributed by atoms with E-state index in [0.29, 0.717) is 11.8 Å². The Labute approximate surface area is 118 Å². The second-order valence-corrected chi connectivity index (χ2v) is 5.01. The minimum Gasteiger partial charge on any atom is -0.399 e. The molecule has 0 bridgehead atoms. The van der Waals surface area contributed by atoms with E-state index in [1.165, 1.54) is 25.7 Å². The van der Waals surface area contributed by atoms with Crippen molar-refractivity contribution < 1.29 is 4.52 Å². The predicted molar refractivity (Wildman–Crippen MR) is 77.3 cm³/mol. The lowest BCUT2D eigenvalue weighted by molar-refractivity contribution is 0.415. The van der Waals surface area contributed by atoms with Crippen molar-refractivity contribution in [3.63, 3.8) is 0 Å². The topological polar surface area (TPSA) is 64.9 Å². The summed E-state index contributed by atoms with van der Waals surface area (Å²) in [6.45, 7) is 2.02. The minimum absolute atomic E-state index is 0. The molecule has 2 aromatic rings. The van der Waals surface area contributed by atoms with Gasteiger partial charge in [0, 0.05) is 17.2 Å². The Morgan fingerprint density at radius 2 is 2.00 bits per heavy atom. The molecule has 1 heterocycles. The zero-order valence-electron chi connectivity index (χ0n) is 10.9. The van der Waals surface area contributed by atoms with E-state index >= 15 is 0 Å². The van der Waals surface area contributed by atoms with Gasteiger partial charge in [0.05, 0.1) is 0 Å². The number of benzene rings is 1. The Hall–Kier alpha value is -1.55. The van der Waals surface area contributed by atoms with Crippen molar-refractivity contribution in [3.05, 3.63) is 29.6 Å². The number of anilines is 1. The van der Waals surface area contributed by atoms with E-state index in [-0.39, 0.29) is 12.4 Å². The SMILES string of the molecule is Cc1ccc(N)cc1-c1nc(C2CCCC2)no1.Cl. The summed E-state index contributed by atoms with van der Waals surface area (Å²) in [5.41, 5.74) is 8.56. The maximum Gasteiger partial charge on any atom is 0.258 e. The van der Waals surface area contributed by atoms with Crippen LogP contribution in [-0.2, 0) is 0 Å². The van der Waals surface area contributed by atoms with Gasteiger partial charge in [-0.25, -0.2) is 0 Å². The van der Waals surface area contributed by atoms with Crippen LogP contribution in [0.4, 0.5) is 5.69 Å². The average Bonchev–Trinajstić information content (AvgIpc) is 3.00. The van der Waals surface area contributed by atoms with Crippen LogP contribution in [0.3, 0.4) is 0 Å². The molecule has 19 heavy (non-hydrogen) atoms. The molecule has 1 aromatic heterocycles. The molecule has 1 aliphatic carbocycles. The van der Waals surface area contributed by atoms with Crippen molar-refractivity contribution in [2.75, 3.05) is 5.73 Å². The van der Waals surface area contributed by atoms with E-state index in [1.54, 1.807) is 0 Å². The molecule has 5 heteroatoms. The first-order chi connectivity index (χ1) is 8.74. The van der Waals surface area contributed by atoms with Crippen molar-refractivity contribution in [3.8, 4) is 11.5 Å². The van der Waals surface area contributed by atoms with Crippen LogP contribution in [0.5, 0.6) is 0 Å². The van der Waals surface area contributed by atoms with Gasteiger partial charge in [0.2, 0.25) is 0 Å². The van der Waals surface area contributed by atoms with Gasteiger partial charge in [0.15, 0.2) is 5.82 Å². The van der Waals surface area contributed by atoms with Crippen LogP contribution >= 0.6 is 12.4 Å². The molecule has 0 atom stereocenters. The molecular weight excluding hydrogens is 262 g/mol. The van der Waals surface area contributed by atoms with Crippen molar-refractivity contribution >= 4 is 18.1 Å². The maximum absolute atomic E-state index is 5.80. The lowest BCUT2D eigenvalue weighted by Gasteiger charge is -2.02. The number of rotatable bonds is 2. The normalized spacial score (nSPS) is 15.4. The zero-order chi connectivity index (χ0) is 12.5. The number of nitrogens with zero attached hydrogens (tertiary/aromatic N) is 2. The molecule has 1 aliphatic rings. The molecule has 0 spiro atoms. The van der Waals surface area contributed by atoms with Gasteiger partial charge in [-0.1, -0.05) is 24.1 Å². The van der Waals surface area contributed by atoms with E-state index in [9.17, 15) is 0 Å². The van der Waals surface area contributed by atoms with Crippen LogP contribution in [0.2, 0.25) is 0 Å². The monoisotopic (exact) mass is 279 g/mol. The molecule has 0 unspecified atom stereocenters. The Morgan fingerprint density at radius 1 is 1.26 bits per heavy atom. The first-order valence-corrected chi connectivity index (χ1v) is 6.44. The number of halogens is 1. The van der Waals surface area contributed by atoms with Crippen LogP contribution < -0.4 is 5.73 Å². The van der Waals surface area contributed by atoms with Gasteiger partial charge in [-0.15, -0.1) is 12.4 Å². The van der Waals surface area contributed by atoms with E-state index in [4.69, 9.17) is 10.3 Å². The quantitative estimate of drug-likeness (QED) is 0.851. The van der Waals surface area contributed by atoms with Gasteiger partial charge in [-0.2, -0.15) is 4.98 Å². The van der Waals surface area contributed by atoms with E-state index in [2.05, 4.69) is 10.1 Å². The average molecular weight is 280 g/mol. The second kappa shape index (κ2) is 5.61. The summed E-state index contributed by atoms with van der Waals surface area (Å²) in [5, 5.41) is 4.12. The molecule has 102 valence electrons. The highest BCUT2D eigenvalue weighted by Gasteiger charge is 2.23. The zero-order valence-corrected chi connectivity index (χ0v) is 11.7. The Morgan fingerprint density at radius 3 is 2.74 bits per heavy atom. The van der Waals surface area contributed by atoms with Gasteiger partial charge >= 0.3 is 0 Å². The standard InChI is InChI=1S/C14H17N3O.ClH/c1-9-6-7-11(15)8-12(9)14-16-13(17-18-14)10-4-2-3-5-10;/h6-8,10H,2-5,15H2,1H3;1H. The van der Waals surface area contributed by atoms with Crippen molar-refractivity contribution in [1.82, 2.24) is 10.1 Å². The van der Waals surface area contributed by atoms with Gasteiger partial charge in [-0.05, 0) is 37.5 Å². The summed E-state index contributed by atoms with van der Waals surface area (Å²) >= 11 is 0. The lowest BCUT2D eigenvalue weighted by atomic mass is 10.1. The van der Waals surface area contributed by atoms with Crippen LogP contribution in [0.1, 0.15) is 43.0 Å². The van der Waals surface area contributed by atoms with Crippen LogP contribution in [-0.4, -0.2) is 10.1 Å². The smallest absolute Gasteiger partial charge is 0.258 e. The van der Waals surface area contributed by atoms with Crippen molar-refractivity contribution in [2.24, 2.45) is 0 Å². The predicted octanol–water partition coefficient (Wildman–Crippen LogP) is 3.71. The third-order valence-electron chi connectivity index (χ3n) is 3.65. The molecule has 4 nitrogen and oxygen atoms in total. The van der Waals surface area contributed by atoms with Gasteiger partial charge in [0.25, 0.3) is 5.89 Å². The number of nitrogens with two attached hydrogens (primary N) is 1. The van der Waals surface area contributed by atoms with Crippen LogP contribution in [0.25, 0.3) is 11.5 Å². The summed E-state index contributed by atoms with van der Waals surface area (Å²) < 4.78 is 5.38. The molecule has 0 amide bonds. The fraction of sp³-hybridized carbons (Fsp3) is 0.429. The highest BCUT2D eigenvalue weighted by Crippen LogP contribution is 2.33. The Kier molecular flexibility index (Phi) is 4.10. The van der Waals surface area contributed by atoms with E-state index in [1.807, 2.05) is 25.1 Å². The van der Waals surface area contributed by atoms with Crippen molar-refractivity contribution in [1.29, 1.82) is 0 Å². The van der Waals surface area contributed by atoms with Gasteiger partial charge in [-0.3, -0.25) is 0 Å². The van der Waals surface area contributed by atoms with Gasteiger partial charge in [0.1, 0.15) is 0 Å². The molecule has 0 saturated heterocycles. The second-order valence-electron chi connectivity index (χ2n) is 5.01. The molecule has 1 saturated carbocycles. The molecule has 0 radical (unpaired) electrons. The van der Waals surface area contributed by atoms with E-state index < -0.39 is 0 Å². The first kappa shape index (κ1) is 13.9. The number of aromatic nitrogens is 2. The lowest BCUT2D eigenvalue weighted by Crippen LogP contribution is -1.95. The molecular formula is C14H18ClN3O. The summed E-state index contributed by atoms with van der Waals surface area (Å²) in [6, 6.07) is 5.75. The summed E-state index contributed by atoms with van der Waals surface area (Å²) in [5.74, 6) is 1.91. The summed E-state index contributed by atoms with van der Waals surface area (Å²) in [6.07, 6.45) is 4.89. The third-order valence-corrected chi connectivity index (χ3v) is 3.65. The summed E-state index contributed by atoms with van der Waals surface area (Å²) in [4.78, 5) is 4.53. The number of hydrogen-bond acceptors (Lipinski definition) is 4. The molecule has 3 rings (SSSR count). The molecule has 1 fully saturated rings. The third kappa shape index (κ3) is 2.73. The fourth-order valence-electron chi connectivity index (χ4n) is 2.56. The van der Waals surface area contributed by atoms with Crippen molar-refractivity contribution in [2.45, 2.75) is 38.5 Å². The number of aryl methyl sites for hydroxylation is 1. The van der Waals surface area contributed by atoms with E-state index in [0.717, 1.165) is 22.6 Å². The number of hydrogen-bond donors (Lipinski definition) is 1. The first-order valence-electron chi connectivity index (χ1n) is 6.44. The number of nitrogen functional groups attached to an aromatic ring is 1. The highest BCUT2D eigenvalue weighted by molar-refractivity contribution is 5.85. The van der Waals surface area contributed by atoms with Crippen LogP contribution in [0.15, 0.2) is 22.7 Å². The van der Waals surface area contributed by atoms with Crippen LogP contribution in [0, 0.1) is 6.92 Å². The Balaban J connectivity index is 0.00000133. The fourth-order valence-corrected chi connectivity index (χ4v) is 2.56.